The molecule has 1 fully saturated rings. The van der Waals surface area contributed by atoms with Crippen LogP contribution in [-0.4, -0.2) is 54.9 Å². The molecule has 2 rings (SSSR count). The first-order valence-corrected chi connectivity index (χ1v) is 7.30. The molecule has 1 N–H and O–H groups in total. The Morgan fingerprint density at radius 3 is 2.76 bits per heavy atom. The van der Waals surface area contributed by atoms with Gasteiger partial charge in [-0.2, -0.15) is 0 Å². The maximum absolute atomic E-state index is 12.1. The number of ether oxygens (including phenoxy) is 2. The van der Waals surface area contributed by atoms with E-state index in [1.54, 1.807) is 4.90 Å². The van der Waals surface area contributed by atoms with E-state index in [4.69, 9.17) is 14.6 Å². The van der Waals surface area contributed by atoms with E-state index in [9.17, 15) is 4.79 Å². The first-order valence-electron chi connectivity index (χ1n) is 7.30. The van der Waals surface area contributed by atoms with Crippen LogP contribution in [-0.2, 0) is 9.53 Å². The van der Waals surface area contributed by atoms with Crippen LogP contribution < -0.4 is 4.74 Å². The molecule has 0 aromatic heterocycles. The minimum atomic E-state index is -0.261. The number of benzene rings is 1. The van der Waals surface area contributed by atoms with Crippen molar-refractivity contribution in [1.82, 2.24) is 4.90 Å². The van der Waals surface area contributed by atoms with Gasteiger partial charge in [0.15, 0.2) is 0 Å². The van der Waals surface area contributed by atoms with E-state index < -0.39 is 0 Å². The molecular weight excluding hydrogens is 270 g/mol. The zero-order valence-electron chi connectivity index (χ0n) is 12.7. The van der Waals surface area contributed by atoms with Crippen molar-refractivity contribution in [3.05, 3.63) is 29.3 Å². The number of carbonyl (C=O) groups excluding carboxylic acids is 1. The highest BCUT2D eigenvalue weighted by Crippen LogP contribution is 2.16. The van der Waals surface area contributed by atoms with Gasteiger partial charge in [-0.05, 0) is 37.1 Å². The number of aryl methyl sites for hydroxylation is 2. The van der Waals surface area contributed by atoms with Gasteiger partial charge in [-0.15, -0.1) is 0 Å². The van der Waals surface area contributed by atoms with Crippen LogP contribution in [0.5, 0.6) is 5.75 Å². The molecule has 1 aliphatic rings. The second-order valence-corrected chi connectivity index (χ2v) is 5.44. The van der Waals surface area contributed by atoms with Gasteiger partial charge in [0.2, 0.25) is 5.91 Å². The van der Waals surface area contributed by atoms with Crippen LogP contribution in [0.25, 0.3) is 0 Å². The predicted octanol–water partition coefficient (Wildman–Crippen LogP) is 1.29. The SMILES string of the molecule is Cc1cc(C)cc(OCCC(=O)N2CCOC(CO)C2)c1. The van der Waals surface area contributed by atoms with Gasteiger partial charge < -0.3 is 19.5 Å². The molecule has 21 heavy (non-hydrogen) atoms. The molecule has 1 heterocycles. The molecule has 116 valence electrons. The largest absolute Gasteiger partial charge is 0.493 e. The first kappa shape index (κ1) is 15.8. The van der Waals surface area contributed by atoms with E-state index in [1.165, 1.54) is 0 Å². The minimum Gasteiger partial charge on any atom is -0.493 e. The van der Waals surface area contributed by atoms with Crippen molar-refractivity contribution >= 4 is 5.91 Å². The third kappa shape index (κ3) is 4.72. The van der Waals surface area contributed by atoms with E-state index in [0.29, 0.717) is 32.7 Å². The summed E-state index contributed by atoms with van der Waals surface area (Å²) in [6.07, 6.45) is 0.0774. The Labute approximate surface area is 125 Å². The summed E-state index contributed by atoms with van der Waals surface area (Å²) in [5.41, 5.74) is 2.30. The van der Waals surface area contributed by atoms with Crippen molar-refractivity contribution in [1.29, 1.82) is 0 Å². The normalized spacial score (nSPS) is 18.6. The first-order chi connectivity index (χ1) is 10.1. The lowest BCUT2D eigenvalue weighted by molar-refractivity contribution is -0.140. The highest BCUT2D eigenvalue weighted by molar-refractivity contribution is 5.76. The lowest BCUT2D eigenvalue weighted by Crippen LogP contribution is -2.47. The van der Waals surface area contributed by atoms with Crippen molar-refractivity contribution in [2.75, 3.05) is 32.9 Å². The summed E-state index contributed by atoms with van der Waals surface area (Å²) in [7, 11) is 0. The van der Waals surface area contributed by atoms with Crippen LogP contribution in [0.4, 0.5) is 0 Å². The fraction of sp³-hybridized carbons (Fsp3) is 0.562. The highest BCUT2D eigenvalue weighted by atomic mass is 16.5. The van der Waals surface area contributed by atoms with Crippen LogP contribution in [0.15, 0.2) is 18.2 Å². The van der Waals surface area contributed by atoms with E-state index in [2.05, 4.69) is 6.07 Å². The van der Waals surface area contributed by atoms with Gasteiger partial charge in [-0.25, -0.2) is 0 Å². The zero-order valence-corrected chi connectivity index (χ0v) is 12.7. The lowest BCUT2D eigenvalue weighted by atomic mass is 10.1. The standard InChI is InChI=1S/C16H23NO4/c1-12-7-13(2)9-14(8-12)20-5-3-16(19)17-4-6-21-15(10-17)11-18/h7-9,15,18H,3-6,10-11H2,1-2H3. The summed E-state index contributed by atoms with van der Waals surface area (Å²) < 4.78 is 11.0. The van der Waals surface area contributed by atoms with Crippen LogP contribution in [0.1, 0.15) is 17.5 Å². The van der Waals surface area contributed by atoms with Crippen LogP contribution in [0.2, 0.25) is 0 Å². The van der Waals surface area contributed by atoms with Gasteiger partial charge in [0, 0.05) is 13.1 Å². The number of aliphatic hydroxyl groups excluding tert-OH is 1. The summed E-state index contributed by atoms with van der Waals surface area (Å²) >= 11 is 0. The Morgan fingerprint density at radius 2 is 2.10 bits per heavy atom. The van der Waals surface area contributed by atoms with Gasteiger partial charge in [-0.3, -0.25) is 4.79 Å². The van der Waals surface area contributed by atoms with Gasteiger partial charge >= 0.3 is 0 Å². The summed E-state index contributed by atoms with van der Waals surface area (Å²) in [6.45, 7) is 5.87. The summed E-state index contributed by atoms with van der Waals surface area (Å²) in [4.78, 5) is 13.8. The molecule has 1 aromatic carbocycles. The molecule has 1 aliphatic heterocycles. The van der Waals surface area contributed by atoms with Crippen molar-refractivity contribution in [2.45, 2.75) is 26.4 Å². The predicted molar refractivity (Wildman–Crippen MR) is 79.4 cm³/mol. The fourth-order valence-corrected chi connectivity index (χ4v) is 2.49. The molecule has 1 atom stereocenters. The number of carbonyl (C=O) groups is 1. The molecule has 1 saturated heterocycles. The third-order valence-corrected chi connectivity index (χ3v) is 3.47. The fourth-order valence-electron chi connectivity index (χ4n) is 2.49. The smallest absolute Gasteiger partial charge is 0.226 e. The minimum absolute atomic E-state index is 0.0427. The quantitative estimate of drug-likeness (QED) is 0.889. The molecule has 1 amide bonds. The number of amides is 1. The van der Waals surface area contributed by atoms with Crippen LogP contribution in [0, 0.1) is 13.8 Å². The molecule has 5 nitrogen and oxygen atoms in total. The Balaban J connectivity index is 1.78. The highest BCUT2D eigenvalue weighted by Gasteiger charge is 2.23. The molecule has 5 heteroatoms. The zero-order chi connectivity index (χ0) is 15.2. The Kier molecular flexibility index (Phi) is 5.59. The van der Waals surface area contributed by atoms with Gasteiger partial charge in [0.1, 0.15) is 5.75 Å². The van der Waals surface area contributed by atoms with Crippen molar-refractivity contribution < 1.29 is 19.4 Å². The van der Waals surface area contributed by atoms with Crippen molar-refractivity contribution in [2.24, 2.45) is 0 Å². The molecule has 1 aromatic rings. The Morgan fingerprint density at radius 1 is 1.38 bits per heavy atom. The number of nitrogens with zero attached hydrogens (tertiary/aromatic N) is 1. The van der Waals surface area contributed by atoms with Gasteiger partial charge in [0.05, 0.1) is 32.3 Å². The van der Waals surface area contributed by atoms with Crippen molar-refractivity contribution in [3.8, 4) is 5.75 Å². The van der Waals surface area contributed by atoms with Gasteiger partial charge in [0.25, 0.3) is 0 Å². The molecule has 0 bridgehead atoms. The summed E-state index contributed by atoms with van der Waals surface area (Å²) in [5.74, 6) is 0.844. The Bertz CT molecular complexity index is 469. The molecule has 0 spiro atoms. The van der Waals surface area contributed by atoms with E-state index >= 15 is 0 Å². The molecular formula is C16H23NO4. The number of aliphatic hydroxyl groups is 1. The maximum Gasteiger partial charge on any atom is 0.226 e. The second kappa shape index (κ2) is 7.43. The molecule has 0 saturated carbocycles. The third-order valence-electron chi connectivity index (χ3n) is 3.47. The van der Waals surface area contributed by atoms with E-state index in [-0.39, 0.29) is 18.6 Å². The number of morpholine rings is 1. The topological polar surface area (TPSA) is 59.0 Å². The number of hydrogen-bond acceptors (Lipinski definition) is 4. The maximum atomic E-state index is 12.1. The average Bonchev–Trinajstić information content (AvgIpc) is 2.46. The monoisotopic (exact) mass is 293 g/mol. The lowest BCUT2D eigenvalue weighted by Gasteiger charge is -2.32. The van der Waals surface area contributed by atoms with E-state index in [1.807, 2.05) is 26.0 Å². The van der Waals surface area contributed by atoms with E-state index in [0.717, 1.165) is 16.9 Å². The number of rotatable bonds is 5. The van der Waals surface area contributed by atoms with Crippen molar-refractivity contribution in [3.63, 3.8) is 0 Å². The van der Waals surface area contributed by atoms with Gasteiger partial charge in [-0.1, -0.05) is 6.07 Å². The second-order valence-electron chi connectivity index (χ2n) is 5.44. The number of hydrogen-bond donors (Lipinski definition) is 1. The van der Waals surface area contributed by atoms with Crippen LogP contribution in [0.3, 0.4) is 0 Å². The molecule has 1 unspecified atom stereocenters. The molecule has 0 aliphatic carbocycles. The average molecular weight is 293 g/mol. The molecule has 0 radical (unpaired) electrons. The Hall–Kier alpha value is -1.59. The summed E-state index contributed by atoms with van der Waals surface area (Å²) in [6, 6.07) is 6.02. The van der Waals surface area contributed by atoms with Crippen LogP contribution >= 0.6 is 0 Å². The summed E-state index contributed by atoms with van der Waals surface area (Å²) in [5, 5.41) is 9.08.